The van der Waals surface area contributed by atoms with E-state index in [2.05, 4.69) is 20.6 Å². The molecule has 0 bridgehead atoms. The monoisotopic (exact) mass is 609 g/mol. The van der Waals surface area contributed by atoms with Crippen molar-refractivity contribution in [3.63, 3.8) is 0 Å². The molecule has 0 spiro atoms. The molecule has 0 radical (unpaired) electrons. The van der Waals surface area contributed by atoms with E-state index in [0.29, 0.717) is 41.0 Å². The summed E-state index contributed by atoms with van der Waals surface area (Å²) in [5.74, 6) is -0.806. The second-order valence-electron chi connectivity index (χ2n) is 10.4. The minimum Gasteiger partial charge on any atom is -0.316 e. The highest BCUT2D eigenvalue weighted by molar-refractivity contribution is 7.22. The Balaban J connectivity index is 1.38. The van der Waals surface area contributed by atoms with Crippen LogP contribution in [0.2, 0.25) is 0 Å². The van der Waals surface area contributed by atoms with E-state index in [1.807, 2.05) is 12.1 Å². The highest BCUT2D eigenvalue weighted by atomic mass is 32.1. The summed E-state index contributed by atoms with van der Waals surface area (Å²) in [5.41, 5.74) is 6.92. The maximum absolute atomic E-state index is 15.5. The van der Waals surface area contributed by atoms with Crippen molar-refractivity contribution in [3.8, 4) is 21.7 Å². The van der Waals surface area contributed by atoms with Gasteiger partial charge in [0.25, 0.3) is 5.91 Å². The van der Waals surface area contributed by atoms with Gasteiger partial charge in [-0.2, -0.15) is 13.2 Å². The summed E-state index contributed by atoms with van der Waals surface area (Å²) in [6.45, 7) is 1.33. The number of nitrogens with two attached hydrogens (primary N) is 1. The Labute approximate surface area is 248 Å². The normalized spacial score (nSPS) is 16.4. The number of nitrogens with zero attached hydrogens (tertiary/aromatic N) is 5. The smallest absolute Gasteiger partial charge is 0.316 e. The number of piperidine rings is 1. The third-order valence-corrected chi connectivity index (χ3v) is 8.66. The molecule has 0 saturated carbocycles. The van der Waals surface area contributed by atoms with E-state index < -0.39 is 23.9 Å². The Hall–Kier alpha value is -4.20. The Morgan fingerprint density at radius 3 is 2.56 bits per heavy atom. The molecule has 4 heterocycles. The zero-order valence-electron chi connectivity index (χ0n) is 23.0. The molecule has 1 aliphatic rings. The first-order chi connectivity index (χ1) is 20.6. The summed E-state index contributed by atoms with van der Waals surface area (Å²) < 4.78 is 57.1. The van der Waals surface area contributed by atoms with Gasteiger partial charge in [-0.3, -0.25) is 14.4 Å². The van der Waals surface area contributed by atoms with Crippen LogP contribution in [0.25, 0.3) is 31.8 Å². The van der Waals surface area contributed by atoms with E-state index in [1.54, 1.807) is 42.5 Å². The van der Waals surface area contributed by atoms with E-state index in [0.717, 1.165) is 22.5 Å². The molecule has 43 heavy (non-hydrogen) atoms. The second kappa shape index (κ2) is 11.5. The number of benzene rings is 2. The van der Waals surface area contributed by atoms with Gasteiger partial charge in [0, 0.05) is 40.3 Å². The standard InChI is InChI=1S/C30H27F4N7OS/c1-40-16-24(38-39-40)19-8-9-21(23(31)13-19)29(42)41(20-3-2-11-36-15-20)28-22-14-26(43-25(22)10-12-37-28)17-4-6-18(7-5-17)27(35)30(32,33)34/h4-10,12-14,16,20,27,36H,2-3,11,15,35H2,1H3/t20-,27?/m1/s1. The first-order valence-electron chi connectivity index (χ1n) is 13.6. The Morgan fingerprint density at radius 2 is 1.91 bits per heavy atom. The molecule has 13 heteroatoms. The molecule has 1 fully saturated rings. The van der Waals surface area contributed by atoms with Crippen molar-refractivity contribution >= 4 is 33.1 Å². The largest absolute Gasteiger partial charge is 0.407 e. The fourth-order valence-electron chi connectivity index (χ4n) is 5.27. The van der Waals surface area contributed by atoms with Crippen molar-refractivity contribution in [1.29, 1.82) is 0 Å². The van der Waals surface area contributed by atoms with Crippen molar-refractivity contribution in [2.45, 2.75) is 31.1 Å². The molecule has 6 rings (SSSR count). The number of anilines is 1. The number of hydrogen-bond donors (Lipinski definition) is 2. The molecule has 5 aromatic rings. The molecule has 1 saturated heterocycles. The van der Waals surface area contributed by atoms with Crippen LogP contribution >= 0.6 is 11.3 Å². The van der Waals surface area contributed by atoms with Crippen molar-refractivity contribution in [1.82, 2.24) is 25.3 Å². The van der Waals surface area contributed by atoms with Gasteiger partial charge in [-0.15, -0.1) is 16.4 Å². The number of thiophene rings is 1. The van der Waals surface area contributed by atoms with E-state index in [-0.39, 0.29) is 17.2 Å². The number of nitrogens with one attached hydrogen (secondary N) is 1. The van der Waals surface area contributed by atoms with Crippen LogP contribution in [0.4, 0.5) is 23.4 Å². The maximum Gasteiger partial charge on any atom is 0.407 e. The van der Waals surface area contributed by atoms with Crippen molar-refractivity contribution < 1.29 is 22.4 Å². The van der Waals surface area contributed by atoms with Crippen LogP contribution in [0, 0.1) is 5.82 Å². The van der Waals surface area contributed by atoms with E-state index in [1.165, 1.54) is 40.3 Å². The van der Waals surface area contributed by atoms with Crippen LogP contribution in [0.15, 0.2) is 67.0 Å². The third kappa shape index (κ3) is 5.75. The van der Waals surface area contributed by atoms with E-state index in [9.17, 15) is 18.0 Å². The van der Waals surface area contributed by atoms with Gasteiger partial charge in [-0.05, 0) is 54.8 Å². The number of hydrogen-bond acceptors (Lipinski definition) is 7. The number of carbonyl (C=O) groups is 1. The van der Waals surface area contributed by atoms with Gasteiger partial charge >= 0.3 is 6.18 Å². The Morgan fingerprint density at radius 1 is 1.14 bits per heavy atom. The molecule has 222 valence electrons. The minimum absolute atomic E-state index is 0.0337. The predicted molar refractivity (Wildman–Crippen MR) is 157 cm³/mol. The highest BCUT2D eigenvalue weighted by Gasteiger charge is 2.38. The summed E-state index contributed by atoms with van der Waals surface area (Å²) in [6, 6.07) is 11.6. The molecular formula is C30H27F4N7OS. The van der Waals surface area contributed by atoms with Gasteiger partial charge < -0.3 is 11.1 Å². The SMILES string of the molecule is Cn1cc(-c2ccc(C(=O)N(c3nccc4sc(-c5ccc(C(N)C(F)(F)F)cc5)cc34)[C@@H]3CCCNC3)c(F)c2)nn1. The number of pyridine rings is 1. The first-order valence-corrected chi connectivity index (χ1v) is 14.4. The lowest BCUT2D eigenvalue weighted by Gasteiger charge is -2.34. The highest BCUT2D eigenvalue weighted by Crippen LogP contribution is 2.40. The number of alkyl halides is 3. The predicted octanol–water partition coefficient (Wildman–Crippen LogP) is 5.86. The fourth-order valence-corrected chi connectivity index (χ4v) is 6.33. The third-order valence-electron chi connectivity index (χ3n) is 7.51. The zero-order valence-corrected chi connectivity index (χ0v) is 23.8. The quantitative estimate of drug-likeness (QED) is 0.234. The molecule has 2 aromatic carbocycles. The molecule has 3 N–H and O–H groups in total. The molecule has 0 aliphatic carbocycles. The van der Waals surface area contributed by atoms with E-state index in [4.69, 9.17) is 5.73 Å². The number of rotatable bonds is 6. The molecule has 2 atom stereocenters. The summed E-state index contributed by atoms with van der Waals surface area (Å²) in [5, 5.41) is 11.9. The van der Waals surface area contributed by atoms with Crippen molar-refractivity contribution in [2.24, 2.45) is 12.8 Å². The molecule has 1 aliphatic heterocycles. The lowest BCUT2D eigenvalue weighted by atomic mass is 10.0. The zero-order chi connectivity index (χ0) is 30.3. The lowest BCUT2D eigenvalue weighted by Crippen LogP contribution is -2.49. The second-order valence-corrected chi connectivity index (χ2v) is 11.5. The topological polar surface area (TPSA) is 102 Å². The van der Waals surface area contributed by atoms with Crippen LogP contribution in [0.1, 0.15) is 34.8 Å². The van der Waals surface area contributed by atoms with Gasteiger partial charge in [0.2, 0.25) is 0 Å². The molecule has 3 aromatic heterocycles. The van der Waals surface area contributed by atoms with Gasteiger partial charge in [-0.25, -0.2) is 9.37 Å². The van der Waals surface area contributed by atoms with Crippen LogP contribution in [-0.4, -0.2) is 51.2 Å². The van der Waals surface area contributed by atoms with Crippen LogP contribution in [0.5, 0.6) is 0 Å². The minimum atomic E-state index is -4.54. The number of halogens is 4. The van der Waals surface area contributed by atoms with Crippen LogP contribution in [-0.2, 0) is 7.05 Å². The maximum atomic E-state index is 15.5. The Kier molecular flexibility index (Phi) is 7.71. The summed E-state index contributed by atoms with van der Waals surface area (Å²) in [6.07, 6.45) is 0.258. The summed E-state index contributed by atoms with van der Waals surface area (Å²) >= 11 is 1.42. The van der Waals surface area contributed by atoms with E-state index >= 15 is 4.39 Å². The average molecular weight is 610 g/mol. The number of aromatic nitrogens is 4. The average Bonchev–Trinajstić information content (AvgIpc) is 3.64. The van der Waals surface area contributed by atoms with Gasteiger partial charge in [0.05, 0.1) is 17.8 Å². The molecule has 8 nitrogen and oxygen atoms in total. The van der Waals surface area contributed by atoms with Crippen molar-refractivity contribution in [3.05, 3.63) is 83.9 Å². The molecule has 1 amide bonds. The van der Waals surface area contributed by atoms with Gasteiger partial charge in [-0.1, -0.05) is 35.5 Å². The number of amides is 1. The van der Waals surface area contributed by atoms with Crippen molar-refractivity contribution in [2.75, 3.05) is 18.0 Å². The number of aryl methyl sites for hydroxylation is 1. The number of carbonyl (C=O) groups excluding carboxylic acids is 1. The Bertz CT molecular complexity index is 1780. The van der Waals surface area contributed by atoms with Crippen LogP contribution < -0.4 is 16.0 Å². The van der Waals surface area contributed by atoms with Gasteiger partial charge in [0.15, 0.2) is 0 Å². The van der Waals surface area contributed by atoms with Crippen LogP contribution in [0.3, 0.4) is 0 Å². The van der Waals surface area contributed by atoms with Gasteiger partial charge in [0.1, 0.15) is 23.4 Å². The fraction of sp³-hybridized carbons (Fsp3) is 0.267. The number of fused-ring (bicyclic) bond motifs is 1. The first kappa shape index (κ1) is 28.9. The summed E-state index contributed by atoms with van der Waals surface area (Å²) in [4.78, 5) is 21.1. The molecule has 1 unspecified atom stereocenters. The molecular weight excluding hydrogens is 582 g/mol. The summed E-state index contributed by atoms with van der Waals surface area (Å²) in [7, 11) is 1.71. The lowest BCUT2D eigenvalue weighted by molar-refractivity contribution is -0.149.